The summed E-state index contributed by atoms with van der Waals surface area (Å²) in [6.45, 7) is 3.56. The molecule has 0 bridgehead atoms. The van der Waals surface area contributed by atoms with Crippen LogP contribution in [-0.2, 0) is 9.53 Å². The molecule has 0 aromatic rings. The number of aliphatic hydroxyl groups is 1. The molecule has 0 spiro atoms. The van der Waals surface area contributed by atoms with E-state index in [4.69, 9.17) is 5.11 Å². The number of carbonyl (C=O) groups is 1. The Morgan fingerprint density at radius 1 is 1.60 bits per heavy atom. The fraction of sp³-hybridized carbons (Fsp3) is 0.429. The van der Waals surface area contributed by atoms with Crippen molar-refractivity contribution in [3.8, 4) is 0 Å². The molecule has 0 aromatic carbocycles. The van der Waals surface area contributed by atoms with E-state index in [-0.39, 0.29) is 12.4 Å². The first kappa shape index (κ1) is 9.01. The van der Waals surface area contributed by atoms with E-state index >= 15 is 0 Å². The lowest BCUT2D eigenvalue weighted by molar-refractivity contribution is -0.141. The lowest BCUT2D eigenvalue weighted by atomic mass is 10.4. The number of carbonyl (C=O) groups excluding carboxylic acids is 1. The third-order valence-electron chi connectivity index (χ3n) is 0.864. The van der Waals surface area contributed by atoms with Gasteiger partial charge in [-0.1, -0.05) is 6.92 Å². The molecule has 0 saturated heterocycles. The van der Waals surface area contributed by atoms with Crippen molar-refractivity contribution in [1.82, 2.24) is 0 Å². The summed E-state index contributed by atoms with van der Waals surface area (Å²) in [6, 6.07) is 0. The zero-order valence-corrected chi connectivity index (χ0v) is 6.13. The molecule has 0 saturated carbocycles. The quantitative estimate of drug-likeness (QED) is 0.367. The molecule has 57 valence electrons. The van der Waals surface area contributed by atoms with Crippen molar-refractivity contribution in [2.75, 3.05) is 6.61 Å². The van der Waals surface area contributed by atoms with Gasteiger partial charge >= 0.3 is 5.97 Å². The molecule has 1 N–H and O–H groups in total. The van der Waals surface area contributed by atoms with Gasteiger partial charge in [-0.05, 0) is 19.4 Å². The van der Waals surface area contributed by atoms with Gasteiger partial charge in [-0.25, -0.2) is 4.79 Å². The molecule has 0 atom stereocenters. The fourth-order valence-corrected chi connectivity index (χ4v) is 0.351. The Kier molecular flexibility index (Phi) is 4.37. The van der Waals surface area contributed by atoms with Crippen molar-refractivity contribution in [2.24, 2.45) is 0 Å². The number of aliphatic hydroxyl groups excluding tert-OH is 1. The smallest absolute Gasteiger partial charge is 0.373 e. The van der Waals surface area contributed by atoms with Crippen LogP contribution in [-0.4, -0.2) is 17.7 Å². The molecule has 0 heterocycles. The van der Waals surface area contributed by atoms with Gasteiger partial charge in [0.1, 0.15) is 0 Å². The molecular formula is C7H11O3. The summed E-state index contributed by atoms with van der Waals surface area (Å²) in [5.74, 6) is -1.03. The minimum Gasteiger partial charge on any atom is -0.502 e. The van der Waals surface area contributed by atoms with Crippen LogP contribution in [0.15, 0.2) is 11.8 Å². The van der Waals surface area contributed by atoms with E-state index in [1.807, 2.05) is 0 Å². The van der Waals surface area contributed by atoms with Crippen LogP contribution in [0.5, 0.6) is 0 Å². The highest BCUT2D eigenvalue weighted by Gasteiger charge is 2.05. The van der Waals surface area contributed by atoms with E-state index < -0.39 is 5.97 Å². The van der Waals surface area contributed by atoms with Crippen LogP contribution in [0, 0.1) is 6.42 Å². The summed E-state index contributed by atoms with van der Waals surface area (Å²) in [7, 11) is 0. The van der Waals surface area contributed by atoms with E-state index in [0.717, 1.165) is 0 Å². The van der Waals surface area contributed by atoms with Crippen LogP contribution in [0.2, 0.25) is 0 Å². The van der Waals surface area contributed by atoms with Crippen LogP contribution in [0.25, 0.3) is 0 Å². The lowest BCUT2D eigenvalue weighted by Crippen LogP contribution is -2.07. The zero-order valence-electron chi connectivity index (χ0n) is 6.13. The Labute approximate surface area is 60.3 Å². The van der Waals surface area contributed by atoms with Crippen molar-refractivity contribution >= 4 is 5.97 Å². The van der Waals surface area contributed by atoms with Gasteiger partial charge in [-0.2, -0.15) is 0 Å². The molecule has 0 amide bonds. The molecule has 0 unspecified atom stereocenters. The summed E-state index contributed by atoms with van der Waals surface area (Å²) < 4.78 is 4.53. The van der Waals surface area contributed by atoms with Gasteiger partial charge in [0.25, 0.3) is 0 Å². The van der Waals surface area contributed by atoms with E-state index in [0.29, 0.717) is 0 Å². The van der Waals surface area contributed by atoms with Gasteiger partial charge in [0.15, 0.2) is 5.76 Å². The predicted molar refractivity (Wildman–Crippen MR) is 37.3 cm³/mol. The molecule has 1 radical (unpaired) electrons. The average molecular weight is 143 g/mol. The Morgan fingerprint density at radius 2 is 2.20 bits per heavy atom. The molecule has 3 nitrogen and oxygen atoms in total. The van der Waals surface area contributed by atoms with Crippen molar-refractivity contribution < 1.29 is 14.6 Å². The van der Waals surface area contributed by atoms with Gasteiger partial charge in [-0.15, -0.1) is 0 Å². The van der Waals surface area contributed by atoms with Gasteiger partial charge < -0.3 is 9.84 Å². The topological polar surface area (TPSA) is 46.5 Å². The first-order valence-electron chi connectivity index (χ1n) is 3.02. The summed E-state index contributed by atoms with van der Waals surface area (Å²) in [5, 5.41) is 8.73. The number of ether oxygens (including phenoxy) is 1. The third-order valence-corrected chi connectivity index (χ3v) is 0.864. The van der Waals surface area contributed by atoms with Crippen LogP contribution in [0.4, 0.5) is 0 Å². The maximum Gasteiger partial charge on any atom is 0.373 e. The Hall–Kier alpha value is -0.990. The summed E-state index contributed by atoms with van der Waals surface area (Å²) in [5.41, 5.74) is 0. The highest BCUT2D eigenvalue weighted by atomic mass is 16.5. The highest BCUT2D eigenvalue weighted by Crippen LogP contribution is 1.92. The highest BCUT2D eigenvalue weighted by molar-refractivity contribution is 5.85. The van der Waals surface area contributed by atoms with E-state index in [2.05, 4.69) is 4.74 Å². The first-order valence-corrected chi connectivity index (χ1v) is 3.02. The normalized spacial score (nSPS) is 11.2. The minimum atomic E-state index is -0.680. The lowest BCUT2D eigenvalue weighted by Gasteiger charge is -1.99. The molecule has 0 aliphatic heterocycles. The van der Waals surface area contributed by atoms with Crippen LogP contribution in [0.3, 0.4) is 0 Å². The average Bonchev–Trinajstić information content (AvgIpc) is 1.98. The third kappa shape index (κ3) is 3.12. The van der Waals surface area contributed by atoms with Crippen molar-refractivity contribution in [2.45, 2.75) is 13.8 Å². The second kappa shape index (κ2) is 4.85. The van der Waals surface area contributed by atoms with E-state index in [9.17, 15) is 4.79 Å². The zero-order chi connectivity index (χ0) is 7.98. The number of hydrogen-bond donors (Lipinski definition) is 1. The molecular weight excluding hydrogens is 132 g/mol. The fourth-order valence-electron chi connectivity index (χ4n) is 0.351. The van der Waals surface area contributed by atoms with E-state index in [1.54, 1.807) is 20.3 Å². The van der Waals surface area contributed by atoms with Gasteiger partial charge in [0.2, 0.25) is 0 Å². The van der Waals surface area contributed by atoms with Crippen molar-refractivity contribution in [3.63, 3.8) is 0 Å². The van der Waals surface area contributed by atoms with Gasteiger partial charge in [-0.3, -0.25) is 0 Å². The molecule has 3 heteroatoms. The Bertz CT molecular complexity index is 138. The summed E-state index contributed by atoms with van der Waals surface area (Å²) in [4.78, 5) is 10.6. The Morgan fingerprint density at radius 3 is 2.60 bits per heavy atom. The second-order valence-corrected chi connectivity index (χ2v) is 1.68. The molecule has 0 fully saturated rings. The molecule has 0 aliphatic rings. The monoisotopic (exact) mass is 143 g/mol. The van der Waals surface area contributed by atoms with E-state index in [1.165, 1.54) is 6.08 Å². The maximum absolute atomic E-state index is 10.6. The SMILES string of the molecule is C[CH]COC(=O)C(O)=CC. The second-order valence-electron chi connectivity index (χ2n) is 1.68. The molecule has 0 aliphatic carbocycles. The standard InChI is InChI=1S/C7H11O3/c1-3-5-10-7(9)6(8)4-2/h3-4,8H,5H2,1-2H3. The van der Waals surface area contributed by atoms with Crippen molar-refractivity contribution in [1.29, 1.82) is 0 Å². The summed E-state index contributed by atoms with van der Waals surface area (Å²) in [6.07, 6.45) is 2.97. The molecule has 0 aromatic heterocycles. The van der Waals surface area contributed by atoms with Crippen molar-refractivity contribution in [3.05, 3.63) is 18.3 Å². The van der Waals surface area contributed by atoms with Gasteiger partial charge in [0.05, 0.1) is 6.61 Å². The van der Waals surface area contributed by atoms with Crippen LogP contribution in [0.1, 0.15) is 13.8 Å². The number of rotatable bonds is 3. The first-order chi connectivity index (χ1) is 4.72. The predicted octanol–water partition coefficient (Wildman–Crippen LogP) is 1.22. The number of esters is 1. The van der Waals surface area contributed by atoms with Crippen LogP contribution < -0.4 is 0 Å². The Balaban J connectivity index is 3.63. The largest absolute Gasteiger partial charge is 0.502 e. The van der Waals surface area contributed by atoms with Crippen LogP contribution >= 0.6 is 0 Å². The number of allylic oxidation sites excluding steroid dienone is 1. The minimum absolute atomic E-state index is 0.233. The maximum atomic E-state index is 10.6. The number of hydrogen-bond acceptors (Lipinski definition) is 3. The van der Waals surface area contributed by atoms with Gasteiger partial charge in [0, 0.05) is 0 Å². The summed E-state index contributed by atoms with van der Waals surface area (Å²) >= 11 is 0. The molecule has 10 heavy (non-hydrogen) atoms. The molecule has 0 rings (SSSR count).